The summed E-state index contributed by atoms with van der Waals surface area (Å²) in [6, 6.07) is 14.3. The molecule has 0 spiro atoms. The number of amides is 1. The molecule has 5 heteroatoms. The molecule has 0 saturated heterocycles. The topological polar surface area (TPSA) is 70.7 Å². The number of carbonyl (C=O) groups excluding carboxylic acids is 1. The fraction of sp³-hybridized carbons (Fsp3) is 0.136. The lowest BCUT2D eigenvalue weighted by Gasteiger charge is -2.11. The molecule has 0 aliphatic carbocycles. The van der Waals surface area contributed by atoms with E-state index in [1.165, 1.54) is 5.56 Å². The Morgan fingerprint density at radius 3 is 2.81 bits per heavy atom. The molecule has 0 saturated carbocycles. The van der Waals surface area contributed by atoms with Gasteiger partial charge in [0.05, 0.1) is 16.8 Å². The number of aromatic amines is 1. The average molecular weight is 354 g/mol. The molecule has 0 atom stereocenters. The first-order chi connectivity index (χ1) is 13.2. The summed E-state index contributed by atoms with van der Waals surface area (Å²) in [5.74, 6) is -0.0120. The van der Waals surface area contributed by atoms with Crippen molar-refractivity contribution in [2.75, 3.05) is 6.54 Å². The maximum Gasteiger partial charge on any atom is 0.253 e. The minimum atomic E-state index is -0.0120. The van der Waals surface area contributed by atoms with Gasteiger partial charge in [0.25, 0.3) is 5.91 Å². The molecular weight excluding hydrogens is 336 g/mol. The first-order valence-corrected chi connectivity index (χ1v) is 9.01. The molecule has 1 aromatic carbocycles. The normalized spacial score (nSPS) is 13.4. The van der Waals surface area contributed by atoms with E-state index < -0.39 is 0 Å². The molecule has 1 aliphatic heterocycles. The predicted octanol–water partition coefficient (Wildman–Crippen LogP) is 3.89. The van der Waals surface area contributed by atoms with Crippen LogP contribution in [0.3, 0.4) is 0 Å². The number of aromatic nitrogens is 3. The summed E-state index contributed by atoms with van der Waals surface area (Å²) < 4.78 is 0. The van der Waals surface area contributed by atoms with Crippen molar-refractivity contribution in [3.05, 3.63) is 71.7 Å². The summed E-state index contributed by atoms with van der Waals surface area (Å²) in [5.41, 5.74) is 7.69. The van der Waals surface area contributed by atoms with Crippen LogP contribution in [0.15, 0.2) is 54.9 Å². The monoisotopic (exact) mass is 354 g/mol. The molecule has 0 bridgehead atoms. The van der Waals surface area contributed by atoms with Crippen LogP contribution in [0.25, 0.3) is 33.4 Å². The Hall–Kier alpha value is -3.47. The Bertz CT molecular complexity index is 1190. The molecule has 4 aromatic rings. The first-order valence-electron chi connectivity index (χ1n) is 9.01. The number of nitrogens with zero attached hydrogens (tertiary/aromatic N) is 2. The Morgan fingerprint density at radius 2 is 1.93 bits per heavy atom. The van der Waals surface area contributed by atoms with Crippen LogP contribution < -0.4 is 5.32 Å². The van der Waals surface area contributed by atoms with E-state index in [1.54, 1.807) is 6.20 Å². The average Bonchev–Trinajstić information content (AvgIpc) is 3.13. The number of fused-ring (bicyclic) bond motifs is 2. The van der Waals surface area contributed by atoms with Gasteiger partial charge in [-0.15, -0.1) is 0 Å². The summed E-state index contributed by atoms with van der Waals surface area (Å²) in [6.45, 7) is 2.74. The third kappa shape index (κ3) is 2.77. The van der Waals surface area contributed by atoms with E-state index in [0.29, 0.717) is 6.54 Å². The quantitative estimate of drug-likeness (QED) is 0.574. The minimum Gasteiger partial charge on any atom is -0.358 e. The molecule has 1 aliphatic rings. The number of aryl methyl sites for hydroxylation is 1. The van der Waals surface area contributed by atoms with Gasteiger partial charge in [0.2, 0.25) is 0 Å². The molecule has 3 aromatic heterocycles. The van der Waals surface area contributed by atoms with Gasteiger partial charge >= 0.3 is 0 Å². The molecule has 0 unspecified atom stereocenters. The summed E-state index contributed by atoms with van der Waals surface area (Å²) in [5, 5.41) is 3.98. The molecule has 5 nitrogen and oxygen atoms in total. The van der Waals surface area contributed by atoms with E-state index in [0.717, 1.165) is 51.1 Å². The minimum absolute atomic E-state index is 0.0120. The first kappa shape index (κ1) is 15.8. The maximum atomic E-state index is 12.0. The molecule has 1 amide bonds. The fourth-order valence-electron chi connectivity index (χ4n) is 3.58. The van der Waals surface area contributed by atoms with E-state index in [1.807, 2.05) is 24.4 Å². The molecule has 2 N–H and O–H groups in total. The van der Waals surface area contributed by atoms with E-state index in [2.05, 4.69) is 51.5 Å². The summed E-state index contributed by atoms with van der Waals surface area (Å²) in [6.07, 6.45) is 4.48. The molecule has 5 rings (SSSR count). The number of pyridine rings is 2. The van der Waals surface area contributed by atoms with Crippen LogP contribution in [0.4, 0.5) is 0 Å². The third-order valence-corrected chi connectivity index (χ3v) is 5.01. The van der Waals surface area contributed by atoms with Crippen LogP contribution in [-0.2, 0) is 6.42 Å². The number of nitrogens with one attached hydrogen (secondary N) is 2. The van der Waals surface area contributed by atoms with Gasteiger partial charge in [-0.2, -0.15) is 0 Å². The van der Waals surface area contributed by atoms with Gasteiger partial charge in [0.15, 0.2) is 0 Å². The standard InChI is InChI=1S/C22H18N4O/c1-13-2-3-14-9-16(12-25-19(14)8-13)20-10-15(4-6-23-20)21-11-17-18(26-21)5-7-24-22(17)27/h2-4,6,8-12,26H,5,7H2,1H3,(H,24,27). The number of hydrogen-bond acceptors (Lipinski definition) is 3. The number of carbonyl (C=O) groups is 1. The van der Waals surface area contributed by atoms with Gasteiger partial charge in [0.1, 0.15) is 0 Å². The van der Waals surface area contributed by atoms with Gasteiger partial charge in [0, 0.05) is 53.3 Å². The van der Waals surface area contributed by atoms with Crippen molar-refractivity contribution in [1.82, 2.24) is 20.3 Å². The summed E-state index contributed by atoms with van der Waals surface area (Å²) in [7, 11) is 0. The SMILES string of the molecule is Cc1ccc2cc(-c3cc(-c4cc5c([nH]4)CCNC5=O)ccn3)cnc2c1. The van der Waals surface area contributed by atoms with Crippen molar-refractivity contribution < 1.29 is 4.79 Å². The van der Waals surface area contributed by atoms with Crippen LogP contribution in [0.2, 0.25) is 0 Å². The van der Waals surface area contributed by atoms with E-state index >= 15 is 0 Å². The zero-order chi connectivity index (χ0) is 18.4. The largest absolute Gasteiger partial charge is 0.358 e. The number of H-pyrrole nitrogens is 1. The number of rotatable bonds is 2. The molecule has 0 radical (unpaired) electrons. The molecule has 4 heterocycles. The fourth-order valence-corrected chi connectivity index (χ4v) is 3.58. The van der Waals surface area contributed by atoms with Gasteiger partial charge in [-0.25, -0.2) is 0 Å². The number of benzene rings is 1. The zero-order valence-electron chi connectivity index (χ0n) is 14.9. The molecule has 0 fully saturated rings. The van der Waals surface area contributed by atoms with Crippen LogP contribution in [-0.4, -0.2) is 27.4 Å². The van der Waals surface area contributed by atoms with Crippen LogP contribution in [0.1, 0.15) is 21.6 Å². The van der Waals surface area contributed by atoms with E-state index in [9.17, 15) is 4.79 Å². The van der Waals surface area contributed by atoms with Gasteiger partial charge in [-0.05, 0) is 42.8 Å². The van der Waals surface area contributed by atoms with Crippen molar-refractivity contribution in [2.45, 2.75) is 13.3 Å². The second-order valence-electron chi connectivity index (χ2n) is 6.93. The lowest BCUT2D eigenvalue weighted by molar-refractivity contribution is 0.0946. The Kier molecular flexibility index (Phi) is 3.53. The molecule has 132 valence electrons. The van der Waals surface area contributed by atoms with Crippen molar-refractivity contribution in [3.8, 4) is 22.5 Å². The third-order valence-electron chi connectivity index (χ3n) is 5.01. The summed E-state index contributed by atoms with van der Waals surface area (Å²) >= 11 is 0. The van der Waals surface area contributed by atoms with Crippen molar-refractivity contribution >= 4 is 16.8 Å². The van der Waals surface area contributed by atoms with E-state index in [4.69, 9.17) is 0 Å². The predicted molar refractivity (Wildman–Crippen MR) is 106 cm³/mol. The van der Waals surface area contributed by atoms with Crippen molar-refractivity contribution in [1.29, 1.82) is 0 Å². The molecule has 27 heavy (non-hydrogen) atoms. The zero-order valence-corrected chi connectivity index (χ0v) is 14.9. The highest BCUT2D eigenvalue weighted by molar-refractivity contribution is 5.97. The van der Waals surface area contributed by atoms with Crippen LogP contribution in [0.5, 0.6) is 0 Å². The van der Waals surface area contributed by atoms with Gasteiger partial charge < -0.3 is 10.3 Å². The van der Waals surface area contributed by atoms with Crippen LogP contribution >= 0.6 is 0 Å². The Labute approximate surface area is 156 Å². The second kappa shape index (κ2) is 6.06. The van der Waals surface area contributed by atoms with Crippen molar-refractivity contribution in [2.24, 2.45) is 0 Å². The smallest absolute Gasteiger partial charge is 0.253 e. The van der Waals surface area contributed by atoms with Crippen molar-refractivity contribution in [3.63, 3.8) is 0 Å². The highest BCUT2D eigenvalue weighted by atomic mass is 16.1. The lowest BCUT2D eigenvalue weighted by Crippen LogP contribution is -2.31. The Morgan fingerprint density at radius 1 is 1.00 bits per heavy atom. The number of hydrogen-bond donors (Lipinski definition) is 2. The highest BCUT2D eigenvalue weighted by Gasteiger charge is 2.20. The molecular formula is C22H18N4O. The Balaban J connectivity index is 1.56. The lowest BCUT2D eigenvalue weighted by atomic mass is 10.1. The summed E-state index contributed by atoms with van der Waals surface area (Å²) in [4.78, 5) is 24.5. The van der Waals surface area contributed by atoms with Crippen LogP contribution in [0, 0.1) is 6.92 Å². The van der Waals surface area contributed by atoms with E-state index in [-0.39, 0.29) is 5.91 Å². The van der Waals surface area contributed by atoms with Gasteiger partial charge in [-0.3, -0.25) is 14.8 Å². The maximum absolute atomic E-state index is 12.0. The highest BCUT2D eigenvalue weighted by Crippen LogP contribution is 2.28. The second-order valence-corrected chi connectivity index (χ2v) is 6.93. The van der Waals surface area contributed by atoms with Gasteiger partial charge in [-0.1, -0.05) is 12.1 Å².